The summed E-state index contributed by atoms with van der Waals surface area (Å²) in [6, 6.07) is 7.42. The number of hydrogen-bond donors (Lipinski definition) is 1. The molecule has 0 unspecified atom stereocenters. The fourth-order valence-corrected chi connectivity index (χ4v) is 2.55. The maximum absolute atomic E-state index is 11.6. The highest BCUT2D eigenvalue weighted by molar-refractivity contribution is 14.1. The number of cyclic esters (lactones) is 1. The van der Waals surface area contributed by atoms with Gasteiger partial charge in [-0.1, -0.05) is 18.2 Å². The van der Waals surface area contributed by atoms with Crippen molar-refractivity contribution >= 4 is 34.3 Å². The van der Waals surface area contributed by atoms with Crippen molar-refractivity contribution in [1.82, 2.24) is 0 Å². The van der Waals surface area contributed by atoms with Gasteiger partial charge in [0.25, 0.3) is 0 Å². The van der Waals surface area contributed by atoms with Gasteiger partial charge in [-0.25, -0.2) is 4.79 Å². The Morgan fingerprint density at radius 3 is 2.65 bits per heavy atom. The molecule has 0 aliphatic carbocycles. The molecule has 3 nitrogen and oxygen atoms in total. The summed E-state index contributed by atoms with van der Waals surface area (Å²) in [5.74, 6) is 0.413. The average molecular weight is 344 g/mol. The topological polar surface area (TPSA) is 46.5 Å². The number of aliphatic hydroxyl groups excluding tert-OH is 1. The molecule has 1 N–H and O–H groups in total. The third-order valence-corrected chi connectivity index (χ3v) is 3.67. The number of ether oxygens (including phenoxy) is 1. The molecular formula is C13H13IO3. The standard InChI is InChI=1S/C13H13IO3/c14-11(7-3-4-8-15)12-9-5-1-2-6-10(9)13(16)17-12/h1-2,5-6,15H,3-4,7-8H2/b12-11+. The lowest BCUT2D eigenvalue weighted by Crippen LogP contribution is -1.92. The van der Waals surface area contributed by atoms with Crippen LogP contribution in [0.4, 0.5) is 0 Å². The molecule has 0 amide bonds. The van der Waals surface area contributed by atoms with E-state index in [9.17, 15) is 4.79 Å². The number of carbonyl (C=O) groups excluding carboxylic acids is 1. The number of allylic oxidation sites excluding steroid dienone is 1. The van der Waals surface area contributed by atoms with Gasteiger partial charge >= 0.3 is 5.97 Å². The van der Waals surface area contributed by atoms with Gasteiger partial charge in [0.2, 0.25) is 0 Å². The second-order valence-corrected chi connectivity index (χ2v) is 5.15. The molecule has 0 fully saturated rings. The van der Waals surface area contributed by atoms with E-state index in [1.165, 1.54) is 0 Å². The normalized spacial score (nSPS) is 16.7. The molecule has 0 aromatic heterocycles. The third kappa shape index (κ3) is 2.69. The summed E-state index contributed by atoms with van der Waals surface area (Å²) in [6.07, 6.45) is 2.51. The molecule has 1 aliphatic rings. The molecule has 4 heteroatoms. The van der Waals surface area contributed by atoms with Crippen LogP contribution in [0.15, 0.2) is 27.8 Å². The molecule has 17 heavy (non-hydrogen) atoms. The van der Waals surface area contributed by atoms with E-state index in [1.54, 1.807) is 6.07 Å². The molecule has 2 rings (SSSR count). The van der Waals surface area contributed by atoms with Crippen molar-refractivity contribution < 1.29 is 14.6 Å². The Morgan fingerprint density at radius 2 is 1.94 bits per heavy atom. The number of aliphatic hydroxyl groups is 1. The zero-order valence-corrected chi connectivity index (χ0v) is 11.4. The molecule has 0 radical (unpaired) electrons. The second kappa shape index (κ2) is 5.64. The summed E-state index contributed by atoms with van der Waals surface area (Å²) in [4.78, 5) is 11.6. The average Bonchev–Trinajstić information content (AvgIpc) is 2.68. The van der Waals surface area contributed by atoms with E-state index >= 15 is 0 Å². The van der Waals surface area contributed by atoms with E-state index in [-0.39, 0.29) is 12.6 Å². The van der Waals surface area contributed by atoms with Gasteiger partial charge in [-0.05, 0) is 47.9 Å². The van der Waals surface area contributed by atoms with E-state index in [0.717, 1.165) is 28.4 Å². The number of rotatable bonds is 4. The van der Waals surface area contributed by atoms with Crippen LogP contribution in [-0.4, -0.2) is 17.7 Å². The first-order valence-corrected chi connectivity index (χ1v) is 6.63. The Hall–Kier alpha value is -0.880. The molecule has 1 aromatic rings. The maximum atomic E-state index is 11.6. The highest BCUT2D eigenvalue weighted by Crippen LogP contribution is 2.35. The van der Waals surface area contributed by atoms with Gasteiger partial charge in [-0.15, -0.1) is 0 Å². The van der Waals surface area contributed by atoms with Crippen molar-refractivity contribution in [3.05, 3.63) is 39.0 Å². The largest absolute Gasteiger partial charge is 0.421 e. The minimum atomic E-state index is -0.271. The Morgan fingerprint density at radius 1 is 1.24 bits per heavy atom. The van der Waals surface area contributed by atoms with Crippen LogP contribution in [0.1, 0.15) is 35.2 Å². The van der Waals surface area contributed by atoms with E-state index in [1.807, 2.05) is 18.2 Å². The number of fused-ring (bicyclic) bond motifs is 1. The predicted molar refractivity (Wildman–Crippen MR) is 73.7 cm³/mol. The lowest BCUT2D eigenvalue weighted by Gasteiger charge is -2.03. The lowest BCUT2D eigenvalue weighted by molar-refractivity contribution is 0.0715. The first kappa shape index (κ1) is 12.6. The summed E-state index contributed by atoms with van der Waals surface area (Å²) >= 11 is 2.21. The molecule has 1 aliphatic heterocycles. The summed E-state index contributed by atoms with van der Waals surface area (Å²) in [6.45, 7) is 0.204. The molecule has 0 saturated carbocycles. The van der Waals surface area contributed by atoms with Gasteiger partial charge in [0.15, 0.2) is 0 Å². The summed E-state index contributed by atoms with van der Waals surface area (Å²) in [5, 5.41) is 8.74. The summed E-state index contributed by atoms with van der Waals surface area (Å²) in [7, 11) is 0. The molecular weight excluding hydrogens is 331 g/mol. The first-order chi connectivity index (χ1) is 8.24. The third-order valence-electron chi connectivity index (χ3n) is 2.64. The molecule has 0 atom stereocenters. The summed E-state index contributed by atoms with van der Waals surface area (Å²) < 4.78 is 6.33. The molecule has 0 saturated heterocycles. The molecule has 0 spiro atoms. The highest BCUT2D eigenvalue weighted by Gasteiger charge is 2.27. The van der Waals surface area contributed by atoms with Crippen molar-refractivity contribution in [2.75, 3.05) is 6.61 Å². The van der Waals surface area contributed by atoms with Crippen molar-refractivity contribution in [3.63, 3.8) is 0 Å². The Kier molecular flexibility index (Phi) is 4.17. The van der Waals surface area contributed by atoms with Crippen LogP contribution >= 0.6 is 22.6 Å². The Labute approximate surface area is 114 Å². The quantitative estimate of drug-likeness (QED) is 0.519. The zero-order chi connectivity index (χ0) is 12.3. The number of halogens is 1. The molecule has 0 bridgehead atoms. The van der Waals surface area contributed by atoms with Gasteiger partial charge in [0.1, 0.15) is 5.76 Å². The number of hydrogen-bond acceptors (Lipinski definition) is 3. The van der Waals surface area contributed by atoms with E-state index in [0.29, 0.717) is 11.3 Å². The van der Waals surface area contributed by atoms with Crippen molar-refractivity contribution in [3.8, 4) is 0 Å². The van der Waals surface area contributed by atoms with Crippen molar-refractivity contribution in [2.24, 2.45) is 0 Å². The number of esters is 1. The van der Waals surface area contributed by atoms with Gasteiger partial charge in [-0.2, -0.15) is 0 Å². The van der Waals surface area contributed by atoms with Crippen LogP contribution in [0.3, 0.4) is 0 Å². The number of unbranched alkanes of at least 4 members (excludes halogenated alkanes) is 1. The van der Waals surface area contributed by atoms with E-state index in [4.69, 9.17) is 9.84 Å². The SMILES string of the molecule is O=C1O/C(=C(/I)CCCCO)c2ccccc21. The number of benzene rings is 1. The van der Waals surface area contributed by atoms with Crippen molar-refractivity contribution in [2.45, 2.75) is 19.3 Å². The Balaban J connectivity index is 2.23. The monoisotopic (exact) mass is 344 g/mol. The molecule has 1 aromatic carbocycles. The fourth-order valence-electron chi connectivity index (χ4n) is 1.77. The van der Waals surface area contributed by atoms with Crippen LogP contribution in [0.2, 0.25) is 0 Å². The molecule has 90 valence electrons. The van der Waals surface area contributed by atoms with Crippen molar-refractivity contribution in [1.29, 1.82) is 0 Å². The second-order valence-electron chi connectivity index (χ2n) is 3.85. The smallest absolute Gasteiger partial charge is 0.344 e. The minimum Gasteiger partial charge on any atom is -0.421 e. The van der Waals surface area contributed by atoms with Gasteiger partial charge < -0.3 is 9.84 Å². The maximum Gasteiger partial charge on any atom is 0.344 e. The minimum absolute atomic E-state index is 0.204. The van der Waals surface area contributed by atoms with Crippen LogP contribution in [0.5, 0.6) is 0 Å². The lowest BCUT2D eigenvalue weighted by atomic mass is 10.1. The van der Waals surface area contributed by atoms with Gasteiger partial charge in [0, 0.05) is 15.8 Å². The van der Waals surface area contributed by atoms with Gasteiger partial charge in [0.05, 0.1) is 5.56 Å². The van der Waals surface area contributed by atoms with E-state index in [2.05, 4.69) is 22.6 Å². The van der Waals surface area contributed by atoms with Gasteiger partial charge in [-0.3, -0.25) is 0 Å². The fraction of sp³-hybridized carbons (Fsp3) is 0.308. The van der Waals surface area contributed by atoms with Crippen LogP contribution in [0, 0.1) is 0 Å². The highest BCUT2D eigenvalue weighted by atomic mass is 127. The van der Waals surface area contributed by atoms with Crippen LogP contribution < -0.4 is 0 Å². The van der Waals surface area contributed by atoms with Crippen LogP contribution in [-0.2, 0) is 4.74 Å². The summed E-state index contributed by atoms with van der Waals surface area (Å²) in [5.41, 5.74) is 1.52. The predicted octanol–water partition coefficient (Wildman–Crippen LogP) is 3.12. The number of carbonyl (C=O) groups is 1. The van der Waals surface area contributed by atoms with E-state index < -0.39 is 0 Å². The Bertz CT molecular complexity index is 465. The first-order valence-electron chi connectivity index (χ1n) is 5.55. The molecule has 1 heterocycles. The van der Waals surface area contributed by atoms with Crippen LogP contribution in [0.25, 0.3) is 5.76 Å². The zero-order valence-electron chi connectivity index (χ0n) is 9.28.